The number of carbonyl (C=O) groups is 2. The number of hydrogen-bond acceptors (Lipinski definition) is 3. The average molecular weight is 382 g/mol. The number of aromatic nitrogens is 1. The summed E-state index contributed by atoms with van der Waals surface area (Å²) in [6, 6.07) is 10.2. The van der Waals surface area contributed by atoms with Crippen LogP contribution in [0.3, 0.4) is 0 Å². The maximum Gasteiger partial charge on any atom is 0.323 e. The number of nitrogens with zero attached hydrogens (tertiary/aromatic N) is 2. The number of aryl methyl sites for hydroxylation is 2. The number of pyridine rings is 1. The largest absolute Gasteiger partial charge is 0.341 e. The molecule has 0 aliphatic carbocycles. The van der Waals surface area contributed by atoms with Gasteiger partial charge < -0.3 is 20.1 Å². The first-order valence-electron chi connectivity index (χ1n) is 9.57. The predicted molar refractivity (Wildman–Crippen MR) is 110 cm³/mol. The number of nitrogens with one attached hydrogen (secondary N) is 2. The van der Waals surface area contributed by atoms with Crippen LogP contribution in [-0.2, 0) is 11.3 Å². The number of piperidine rings is 1. The number of likely N-dealkylation sites (tertiary alicyclic amines) is 1. The molecule has 7 nitrogen and oxygen atoms in total. The van der Waals surface area contributed by atoms with Gasteiger partial charge in [0.1, 0.15) is 12.2 Å². The highest BCUT2D eigenvalue weighted by Gasteiger charge is 2.19. The van der Waals surface area contributed by atoms with Crippen molar-refractivity contribution in [2.45, 2.75) is 39.7 Å². The molecule has 7 heteroatoms. The van der Waals surface area contributed by atoms with E-state index in [-0.39, 0.29) is 23.7 Å². The molecule has 0 bridgehead atoms. The van der Waals surface area contributed by atoms with E-state index in [2.05, 4.69) is 10.6 Å². The van der Waals surface area contributed by atoms with Gasteiger partial charge in [-0.1, -0.05) is 17.7 Å². The number of urea groups is 1. The molecule has 0 radical (unpaired) electrons. The third-order valence-corrected chi connectivity index (χ3v) is 4.95. The zero-order chi connectivity index (χ0) is 20.1. The highest BCUT2D eigenvalue weighted by atomic mass is 16.2. The van der Waals surface area contributed by atoms with E-state index in [1.54, 1.807) is 36.1 Å². The first-order chi connectivity index (χ1) is 13.4. The molecule has 0 atom stereocenters. The van der Waals surface area contributed by atoms with E-state index in [1.807, 2.05) is 19.1 Å². The van der Waals surface area contributed by atoms with Crippen LogP contribution < -0.4 is 16.2 Å². The lowest BCUT2D eigenvalue weighted by atomic mass is 10.1. The summed E-state index contributed by atoms with van der Waals surface area (Å²) in [5.74, 6) is -0.0637. The fourth-order valence-electron chi connectivity index (χ4n) is 3.26. The summed E-state index contributed by atoms with van der Waals surface area (Å²) < 4.78 is 1.42. The van der Waals surface area contributed by atoms with Gasteiger partial charge in [-0.2, -0.15) is 0 Å². The van der Waals surface area contributed by atoms with Crippen molar-refractivity contribution in [3.05, 3.63) is 58.0 Å². The molecule has 0 unspecified atom stereocenters. The van der Waals surface area contributed by atoms with E-state index in [4.69, 9.17) is 0 Å². The Morgan fingerprint density at radius 3 is 2.29 bits per heavy atom. The van der Waals surface area contributed by atoms with E-state index >= 15 is 0 Å². The van der Waals surface area contributed by atoms with Crippen LogP contribution in [0.5, 0.6) is 0 Å². The predicted octanol–water partition coefficient (Wildman–Crippen LogP) is 3.12. The molecule has 1 aliphatic heterocycles. The lowest BCUT2D eigenvalue weighted by molar-refractivity contribution is -0.132. The molecular formula is C21H26N4O3. The van der Waals surface area contributed by atoms with E-state index in [9.17, 15) is 14.4 Å². The molecule has 28 heavy (non-hydrogen) atoms. The van der Waals surface area contributed by atoms with Crippen molar-refractivity contribution in [2.24, 2.45) is 0 Å². The van der Waals surface area contributed by atoms with Gasteiger partial charge in [-0.05, 0) is 57.4 Å². The summed E-state index contributed by atoms with van der Waals surface area (Å²) in [7, 11) is 0. The standard InChI is InChI=1S/C21H26N4O3/c1-15-6-9-17(10-7-15)22-21(28)23-18-11-8-16(2)25(20(18)27)14-19(26)24-12-4-3-5-13-24/h6-11H,3-5,12-14H2,1-2H3,(H2,22,23,28). The molecule has 3 rings (SSSR count). The van der Waals surface area contributed by atoms with Crippen molar-refractivity contribution in [1.29, 1.82) is 0 Å². The summed E-state index contributed by atoms with van der Waals surface area (Å²) in [5, 5.41) is 5.28. The maximum absolute atomic E-state index is 12.8. The maximum atomic E-state index is 12.8. The van der Waals surface area contributed by atoms with E-state index in [0.29, 0.717) is 11.4 Å². The molecule has 3 amide bonds. The molecule has 1 aliphatic rings. The van der Waals surface area contributed by atoms with Crippen LogP contribution in [0.4, 0.5) is 16.2 Å². The number of carbonyl (C=O) groups excluding carboxylic acids is 2. The van der Waals surface area contributed by atoms with Crippen LogP contribution in [0.15, 0.2) is 41.2 Å². The van der Waals surface area contributed by atoms with Crippen LogP contribution in [0.25, 0.3) is 0 Å². The lowest BCUT2D eigenvalue weighted by Gasteiger charge is -2.27. The number of rotatable bonds is 4. The van der Waals surface area contributed by atoms with Crippen molar-refractivity contribution in [2.75, 3.05) is 23.7 Å². The van der Waals surface area contributed by atoms with Crippen molar-refractivity contribution >= 4 is 23.3 Å². The van der Waals surface area contributed by atoms with Crippen LogP contribution in [0, 0.1) is 13.8 Å². The number of hydrogen-bond donors (Lipinski definition) is 2. The highest BCUT2D eigenvalue weighted by molar-refractivity contribution is 5.99. The van der Waals surface area contributed by atoms with Gasteiger partial charge in [0.15, 0.2) is 0 Å². The Balaban J connectivity index is 1.71. The van der Waals surface area contributed by atoms with Crippen LogP contribution in [-0.4, -0.2) is 34.5 Å². The Hall–Kier alpha value is -3.09. The van der Waals surface area contributed by atoms with Crippen molar-refractivity contribution < 1.29 is 9.59 Å². The van der Waals surface area contributed by atoms with Crippen LogP contribution in [0.1, 0.15) is 30.5 Å². The second-order valence-electron chi connectivity index (χ2n) is 7.17. The second-order valence-corrected chi connectivity index (χ2v) is 7.17. The van der Waals surface area contributed by atoms with Gasteiger partial charge in [-0.15, -0.1) is 0 Å². The molecule has 1 aromatic carbocycles. The van der Waals surface area contributed by atoms with Gasteiger partial charge in [0, 0.05) is 24.5 Å². The molecule has 1 aromatic heterocycles. The van der Waals surface area contributed by atoms with E-state index < -0.39 is 6.03 Å². The Labute approximate surface area is 164 Å². The molecular weight excluding hydrogens is 356 g/mol. The minimum absolute atomic E-state index is 0.0141. The second kappa shape index (κ2) is 8.73. The third kappa shape index (κ3) is 4.79. The fourth-order valence-corrected chi connectivity index (χ4v) is 3.26. The zero-order valence-electron chi connectivity index (χ0n) is 16.3. The number of amides is 3. The van der Waals surface area contributed by atoms with Crippen molar-refractivity contribution in [3.63, 3.8) is 0 Å². The molecule has 2 heterocycles. The average Bonchev–Trinajstić information content (AvgIpc) is 2.69. The van der Waals surface area contributed by atoms with Crippen LogP contribution in [0.2, 0.25) is 0 Å². The normalized spacial score (nSPS) is 13.9. The third-order valence-electron chi connectivity index (χ3n) is 4.95. The number of benzene rings is 1. The summed E-state index contributed by atoms with van der Waals surface area (Å²) in [6.45, 7) is 5.21. The molecule has 1 fully saturated rings. The number of anilines is 2. The minimum Gasteiger partial charge on any atom is -0.341 e. The van der Waals surface area contributed by atoms with Crippen molar-refractivity contribution in [1.82, 2.24) is 9.47 Å². The Bertz CT molecular complexity index is 912. The fraction of sp³-hybridized carbons (Fsp3) is 0.381. The molecule has 2 N–H and O–H groups in total. The SMILES string of the molecule is Cc1ccc(NC(=O)Nc2ccc(C)n(CC(=O)N3CCCCC3)c2=O)cc1. The summed E-state index contributed by atoms with van der Waals surface area (Å²) >= 11 is 0. The minimum atomic E-state index is -0.501. The van der Waals surface area contributed by atoms with E-state index in [1.165, 1.54) is 4.57 Å². The Kier molecular flexibility index (Phi) is 6.13. The Morgan fingerprint density at radius 2 is 1.61 bits per heavy atom. The van der Waals surface area contributed by atoms with Gasteiger partial charge in [0.25, 0.3) is 5.56 Å². The van der Waals surface area contributed by atoms with Gasteiger partial charge in [-0.3, -0.25) is 9.59 Å². The molecule has 1 saturated heterocycles. The monoisotopic (exact) mass is 382 g/mol. The summed E-state index contributed by atoms with van der Waals surface area (Å²) in [4.78, 5) is 39.4. The zero-order valence-corrected chi connectivity index (χ0v) is 16.3. The highest BCUT2D eigenvalue weighted by Crippen LogP contribution is 2.12. The smallest absolute Gasteiger partial charge is 0.323 e. The molecule has 0 saturated carbocycles. The Morgan fingerprint density at radius 1 is 0.929 bits per heavy atom. The van der Waals surface area contributed by atoms with E-state index in [0.717, 1.165) is 37.9 Å². The van der Waals surface area contributed by atoms with Crippen molar-refractivity contribution in [3.8, 4) is 0 Å². The summed E-state index contributed by atoms with van der Waals surface area (Å²) in [6.07, 6.45) is 3.14. The van der Waals surface area contributed by atoms with Gasteiger partial charge >= 0.3 is 6.03 Å². The first kappa shape index (κ1) is 19.7. The molecule has 0 spiro atoms. The van der Waals surface area contributed by atoms with Gasteiger partial charge in [0.05, 0.1) is 0 Å². The van der Waals surface area contributed by atoms with Gasteiger partial charge in [-0.25, -0.2) is 4.79 Å². The summed E-state index contributed by atoms with van der Waals surface area (Å²) in [5.41, 5.74) is 2.16. The first-order valence-corrected chi connectivity index (χ1v) is 9.57. The molecule has 148 valence electrons. The van der Waals surface area contributed by atoms with Gasteiger partial charge in [0.2, 0.25) is 5.91 Å². The van der Waals surface area contributed by atoms with Crippen LogP contribution >= 0.6 is 0 Å². The topological polar surface area (TPSA) is 83.4 Å². The lowest BCUT2D eigenvalue weighted by Crippen LogP contribution is -2.40. The quantitative estimate of drug-likeness (QED) is 0.852. The molecule has 2 aromatic rings.